The topological polar surface area (TPSA) is 115 Å². The molecular weight excluding hydrogens is 336 g/mol. The lowest BCUT2D eigenvalue weighted by Gasteiger charge is -2.05. The fraction of sp³-hybridized carbons (Fsp3) is 0.235. The number of anilines is 1. The van der Waals surface area contributed by atoms with Crippen LogP contribution in [0.15, 0.2) is 42.9 Å². The third kappa shape index (κ3) is 3.94. The Morgan fingerprint density at radius 1 is 1.19 bits per heavy atom. The fourth-order valence-corrected chi connectivity index (χ4v) is 2.26. The summed E-state index contributed by atoms with van der Waals surface area (Å²) in [5.74, 6) is -1.38. The van der Waals surface area contributed by atoms with Gasteiger partial charge in [-0.05, 0) is 25.5 Å². The van der Waals surface area contributed by atoms with Crippen molar-refractivity contribution in [3.05, 3.63) is 59.7 Å². The summed E-state index contributed by atoms with van der Waals surface area (Å²) in [6.07, 6.45) is 2.97. The van der Waals surface area contributed by atoms with E-state index in [4.69, 9.17) is 5.11 Å². The first-order chi connectivity index (χ1) is 12.4. The number of hydrogen-bond acceptors (Lipinski definition) is 5. The maximum atomic E-state index is 12.2. The van der Waals surface area contributed by atoms with Crippen LogP contribution in [-0.2, 0) is 11.3 Å². The summed E-state index contributed by atoms with van der Waals surface area (Å²) >= 11 is 0. The molecule has 0 bridgehead atoms. The molecule has 3 rings (SSSR count). The zero-order chi connectivity index (χ0) is 18.7. The number of rotatable bonds is 6. The standard InChI is InChI=1S/C17H18N6O3/c1-11-3-5-13(6-4-11)9-22-10-18-17(21-22)19-15(24)14-7-8-23(20-14)12(2)16(25)26/h3-8,10,12H,9H2,1-2H3,(H,25,26)(H,19,21,24). The number of nitrogens with zero attached hydrogens (tertiary/aromatic N) is 5. The van der Waals surface area contributed by atoms with E-state index in [1.807, 2.05) is 31.2 Å². The molecule has 26 heavy (non-hydrogen) atoms. The smallest absolute Gasteiger partial charge is 0.328 e. The first-order valence-corrected chi connectivity index (χ1v) is 7.96. The Morgan fingerprint density at radius 2 is 1.92 bits per heavy atom. The molecule has 3 aromatic rings. The first kappa shape index (κ1) is 17.3. The number of aliphatic carboxylic acids is 1. The highest BCUT2D eigenvalue weighted by atomic mass is 16.4. The summed E-state index contributed by atoms with van der Waals surface area (Å²) in [5, 5.41) is 19.7. The van der Waals surface area contributed by atoms with Crippen LogP contribution in [-0.4, -0.2) is 41.5 Å². The molecule has 0 spiro atoms. The Labute approximate surface area is 149 Å². The van der Waals surface area contributed by atoms with Crippen molar-refractivity contribution >= 4 is 17.8 Å². The normalized spacial score (nSPS) is 11.9. The number of aromatic nitrogens is 5. The lowest BCUT2D eigenvalue weighted by Crippen LogP contribution is -2.18. The minimum absolute atomic E-state index is 0.0907. The van der Waals surface area contributed by atoms with Crippen LogP contribution in [0.5, 0.6) is 0 Å². The van der Waals surface area contributed by atoms with E-state index in [0.717, 1.165) is 5.56 Å². The van der Waals surface area contributed by atoms with Crippen LogP contribution < -0.4 is 5.32 Å². The molecule has 1 unspecified atom stereocenters. The average Bonchev–Trinajstić information content (AvgIpc) is 3.26. The maximum Gasteiger partial charge on any atom is 0.328 e. The van der Waals surface area contributed by atoms with E-state index in [1.54, 1.807) is 4.68 Å². The second kappa shape index (κ2) is 7.18. The first-order valence-electron chi connectivity index (χ1n) is 7.96. The van der Waals surface area contributed by atoms with Crippen molar-refractivity contribution in [3.8, 4) is 0 Å². The molecule has 1 aromatic carbocycles. The van der Waals surface area contributed by atoms with Gasteiger partial charge in [0.25, 0.3) is 5.91 Å². The molecule has 0 aliphatic heterocycles. The number of nitrogens with one attached hydrogen (secondary N) is 1. The van der Waals surface area contributed by atoms with Crippen LogP contribution in [0, 0.1) is 6.92 Å². The lowest BCUT2D eigenvalue weighted by molar-refractivity contribution is -0.140. The van der Waals surface area contributed by atoms with E-state index >= 15 is 0 Å². The SMILES string of the molecule is Cc1ccc(Cn2cnc(NC(=O)c3ccn(C(C)C(=O)O)n3)n2)cc1. The minimum atomic E-state index is -1.03. The number of carboxylic acid groups (broad SMARTS) is 1. The second-order valence-corrected chi connectivity index (χ2v) is 5.90. The van der Waals surface area contributed by atoms with Crippen molar-refractivity contribution in [3.63, 3.8) is 0 Å². The number of carbonyl (C=O) groups excluding carboxylic acids is 1. The Hall–Kier alpha value is -3.49. The van der Waals surface area contributed by atoms with Gasteiger partial charge in [-0.2, -0.15) is 5.10 Å². The molecule has 0 radical (unpaired) electrons. The molecule has 0 saturated carbocycles. The van der Waals surface area contributed by atoms with Crippen LogP contribution in [0.25, 0.3) is 0 Å². The van der Waals surface area contributed by atoms with E-state index in [9.17, 15) is 9.59 Å². The van der Waals surface area contributed by atoms with Crippen LogP contribution in [0.4, 0.5) is 5.95 Å². The molecule has 1 atom stereocenters. The Kier molecular flexibility index (Phi) is 4.78. The fourth-order valence-electron chi connectivity index (χ4n) is 2.26. The van der Waals surface area contributed by atoms with Crippen molar-refractivity contribution in [2.24, 2.45) is 0 Å². The minimum Gasteiger partial charge on any atom is -0.480 e. The maximum absolute atomic E-state index is 12.2. The van der Waals surface area contributed by atoms with Gasteiger partial charge in [0.1, 0.15) is 12.4 Å². The van der Waals surface area contributed by atoms with Gasteiger partial charge in [-0.15, -0.1) is 5.10 Å². The molecule has 134 valence electrons. The molecule has 9 heteroatoms. The molecule has 2 N–H and O–H groups in total. The van der Waals surface area contributed by atoms with Gasteiger partial charge in [0.2, 0.25) is 5.95 Å². The van der Waals surface area contributed by atoms with Crippen LogP contribution in [0.2, 0.25) is 0 Å². The second-order valence-electron chi connectivity index (χ2n) is 5.90. The van der Waals surface area contributed by atoms with Gasteiger partial charge in [-0.1, -0.05) is 29.8 Å². The summed E-state index contributed by atoms with van der Waals surface area (Å²) in [6.45, 7) is 4.03. The Balaban J connectivity index is 1.64. The van der Waals surface area contributed by atoms with E-state index < -0.39 is 17.9 Å². The summed E-state index contributed by atoms with van der Waals surface area (Å²) in [5.41, 5.74) is 2.34. The highest BCUT2D eigenvalue weighted by Crippen LogP contribution is 2.09. The highest BCUT2D eigenvalue weighted by molar-refractivity contribution is 6.01. The number of hydrogen-bond donors (Lipinski definition) is 2. The van der Waals surface area contributed by atoms with Crippen molar-refractivity contribution in [1.82, 2.24) is 24.5 Å². The molecular formula is C17H18N6O3. The van der Waals surface area contributed by atoms with Gasteiger partial charge in [-0.3, -0.25) is 14.8 Å². The van der Waals surface area contributed by atoms with Crippen molar-refractivity contribution < 1.29 is 14.7 Å². The van der Waals surface area contributed by atoms with E-state index in [2.05, 4.69) is 20.5 Å². The molecule has 0 saturated heterocycles. The lowest BCUT2D eigenvalue weighted by atomic mass is 10.1. The zero-order valence-electron chi connectivity index (χ0n) is 14.3. The Morgan fingerprint density at radius 3 is 2.62 bits per heavy atom. The molecule has 1 amide bonds. The van der Waals surface area contributed by atoms with Crippen LogP contribution >= 0.6 is 0 Å². The number of aryl methyl sites for hydroxylation is 1. The predicted molar refractivity (Wildman–Crippen MR) is 92.8 cm³/mol. The van der Waals surface area contributed by atoms with E-state index in [-0.39, 0.29) is 11.6 Å². The predicted octanol–water partition coefficient (Wildman–Crippen LogP) is 1.73. The van der Waals surface area contributed by atoms with E-state index in [0.29, 0.717) is 6.54 Å². The van der Waals surface area contributed by atoms with Gasteiger partial charge < -0.3 is 5.11 Å². The molecule has 2 heterocycles. The van der Waals surface area contributed by atoms with Crippen molar-refractivity contribution in [2.75, 3.05) is 5.32 Å². The molecule has 0 fully saturated rings. The van der Waals surface area contributed by atoms with Crippen LogP contribution in [0.1, 0.15) is 34.6 Å². The average molecular weight is 354 g/mol. The van der Waals surface area contributed by atoms with E-state index in [1.165, 1.54) is 35.8 Å². The Bertz CT molecular complexity index is 928. The summed E-state index contributed by atoms with van der Waals surface area (Å²) in [4.78, 5) is 27.2. The van der Waals surface area contributed by atoms with Gasteiger partial charge in [0.15, 0.2) is 5.69 Å². The van der Waals surface area contributed by atoms with Gasteiger partial charge >= 0.3 is 5.97 Å². The summed E-state index contributed by atoms with van der Waals surface area (Å²) in [7, 11) is 0. The largest absolute Gasteiger partial charge is 0.480 e. The molecule has 2 aromatic heterocycles. The number of amides is 1. The monoisotopic (exact) mass is 354 g/mol. The van der Waals surface area contributed by atoms with Crippen LogP contribution in [0.3, 0.4) is 0 Å². The number of carbonyl (C=O) groups is 2. The van der Waals surface area contributed by atoms with Crippen molar-refractivity contribution in [1.29, 1.82) is 0 Å². The number of carboxylic acids is 1. The third-order valence-electron chi connectivity index (χ3n) is 3.82. The van der Waals surface area contributed by atoms with Crippen molar-refractivity contribution in [2.45, 2.75) is 26.4 Å². The third-order valence-corrected chi connectivity index (χ3v) is 3.82. The molecule has 0 aliphatic carbocycles. The highest BCUT2D eigenvalue weighted by Gasteiger charge is 2.17. The summed E-state index contributed by atoms with van der Waals surface area (Å²) < 4.78 is 2.83. The molecule has 0 aliphatic rings. The number of benzene rings is 1. The zero-order valence-corrected chi connectivity index (χ0v) is 14.3. The van der Waals surface area contributed by atoms with Gasteiger partial charge in [-0.25, -0.2) is 14.5 Å². The summed E-state index contributed by atoms with van der Waals surface area (Å²) in [6, 6.07) is 8.63. The van der Waals surface area contributed by atoms with Gasteiger partial charge in [0, 0.05) is 6.20 Å². The molecule has 9 nitrogen and oxygen atoms in total. The van der Waals surface area contributed by atoms with Gasteiger partial charge in [0.05, 0.1) is 6.54 Å². The quantitative estimate of drug-likeness (QED) is 0.696.